The number of rotatable bonds is 6. The molecule has 0 saturated heterocycles. The summed E-state index contributed by atoms with van der Waals surface area (Å²) in [6.07, 6.45) is 3.93. The number of carbonyl (C=O) groups is 1. The minimum Gasteiger partial charge on any atom is -0.522 e. The van der Waals surface area contributed by atoms with E-state index in [0.29, 0.717) is 0 Å². The molecule has 0 aromatic rings. The second-order valence-corrected chi connectivity index (χ2v) is 3.08. The molecule has 6 heteroatoms. The third-order valence-corrected chi connectivity index (χ3v) is 1.29. The first-order valence-electron chi connectivity index (χ1n) is 4.57. The van der Waals surface area contributed by atoms with Crippen LogP contribution in [0, 0.1) is 0 Å². The van der Waals surface area contributed by atoms with Crippen molar-refractivity contribution in [2.45, 2.75) is 19.8 Å². The van der Waals surface area contributed by atoms with E-state index in [1.54, 1.807) is 0 Å². The van der Waals surface area contributed by atoms with Crippen molar-refractivity contribution in [1.29, 1.82) is 0 Å². The molecule has 0 spiro atoms. The third-order valence-electron chi connectivity index (χ3n) is 1.29. The van der Waals surface area contributed by atoms with E-state index in [1.165, 1.54) is 25.8 Å². The molecular formula is C9H20FmN3O2-. The van der Waals surface area contributed by atoms with Crippen molar-refractivity contribution in [1.82, 2.24) is 10.2 Å². The zero-order chi connectivity index (χ0) is 11.4. The van der Waals surface area contributed by atoms with Gasteiger partial charge in [0.05, 0.1) is 6.54 Å². The van der Waals surface area contributed by atoms with Gasteiger partial charge in [0.25, 0.3) is 0 Å². The van der Waals surface area contributed by atoms with Crippen LogP contribution in [-0.4, -0.2) is 44.4 Å². The van der Waals surface area contributed by atoms with Gasteiger partial charge in [-0.05, 0) is 27.1 Å². The van der Waals surface area contributed by atoms with Crippen LogP contribution in [0.5, 0.6) is 0 Å². The number of nitrogens with one attached hydrogen (secondary N) is 1. The molecular weight excluding hydrogens is 439 g/mol. The molecule has 0 atom stereocenters. The molecule has 0 bridgehead atoms. The first kappa shape index (κ1) is 18.6. The van der Waals surface area contributed by atoms with Crippen LogP contribution in [0.3, 0.4) is 0 Å². The average Bonchev–Trinajstić information content (AvgIpc) is 2.12. The summed E-state index contributed by atoms with van der Waals surface area (Å²) in [6.45, 7) is 3.31. The third kappa shape index (κ3) is 33.5. The Hall–Kier alpha value is -2.10. The summed E-state index contributed by atoms with van der Waals surface area (Å²) in [7, 11) is 4.21. The van der Waals surface area contributed by atoms with E-state index in [-0.39, 0.29) is 6.54 Å². The van der Waals surface area contributed by atoms with Crippen LogP contribution in [0.25, 0.3) is 0 Å². The van der Waals surface area contributed by atoms with Gasteiger partial charge in [0, 0.05) is 0 Å². The molecule has 2 amide bonds. The topological polar surface area (TPSA) is 75.4 Å². The Labute approximate surface area is 85.6 Å². The number of carbonyl (C=O) groups excluding carboxylic acids is 2. The van der Waals surface area contributed by atoms with Crippen LogP contribution in [0.15, 0.2) is 0 Å². The van der Waals surface area contributed by atoms with Gasteiger partial charge in [-0.2, -0.15) is 6.41 Å². The van der Waals surface area contributed by atoms with Gasteiger partial charge >= 0.3 is 0 Å². The van der Waals surface area contributed by atoms with Gasteiger partial charge in [-0.25, -0.2) is 0 Å². The maximum atomic E-state index is 9.74. The normalized spacial score (nSPS) is 8.27. The van der Waals surface area contributed by atoms with Gasteiger partial charge in [0.15, 0.2) is 0 Å². The fourth-order valence-electron chi connectivity index (χ4n) is 0.598. The maximum absolute atomic E-state index is 9.74. The molecule has 0 aromatic heterocycles. The Balaban J connectivity index is -0.000000180. The summed E-state index contributed by atoms with van der Waals surface area (Å²) in [5.74, 6) is -0.566. The van der Waals surface area contributed by atoms with E-state index in [2.05, 4.69) is 31.7 Å². The van der Waals surface area contributed by atoms with Crippen LogP contribution < -0.4 is 11.1 Å². The van der Waals surface area contributed by atoms with Crippen LogP contribution >= 0.6 is 0 Å². The van der Waals surface area contributed by atoms with E-state index >= 15 is 0 Å². The molecule has 0 fully saturated rings. The Morgan fingerprint density at radius 2 is 2.00 bits per heavy atom. The minimum atomic E-state index is -0.566. The van der Waals surface area contributed by atoms with Crippen LogP contribution in [-0.2, 0) is 9.59 Å². The summed E-state index contributed by atoms with van der Waals surface area (Å²) in [5, 5.41) is 1.97. The SMILES string of the molecule is CCCCN(C)C.NC(=O)CN[C-]=O.[Fm]. The molecule has 0 aliphatic carbocycles. The monoisotopic (exact) mass is 459 g/mol. The van der Waals surface area contributed by atoms with Crippen LogP contribution in [0.4, 0.5) is 0 Å². The van der Waals surface area contributed by atoms with Crippen molar-refractivity contribution in [2.24, 2.45) is 5.73 Å². The van der Waals surface area contributed by atoms with E-state index in [0.717, 1.165) is 0 Å². The van der Waals surface area contributed by atoms with Crippen molar-refractivity contribution < 1.29 is 9.59 Å². The Morgan fingerprint density at radius 3 is 2.13 bits per heavy atom. The molecule has 96 valence electrons. The summed E-state index contributed by atoms with van der Waals surface area (Å²) in [6, 6.07) is 0. The van der Waals surface area contributed by atoms with Gasteiger partial charge in [-0.3, -0.25) is 4.79 Å². The van der Waals surface area contributed by atoms with Gasteiger partial charge < -0.3 is 20.7 Å². The number of nitrogens with two attached hydrogens (primary N) is 1. The zero-order valence-electron chi connectivity index (χ0n) is 9.46. The zero-order valence-corrected chi connectivity index (χ0v) is 11.9. The van der Waals surface area contributed by atoms with Gasteiger partial charge in [0.1, 0.15) is 0 Å². The number of primary amides is 1. The van der Waals surface area contributed by atoms with Crippen molar-refractivity contribution in [3.8, 4) is 0 Å². The summed E-state index contributed by atoms with van der Waals surface area (Å²) in [5.41, 5.74) is 4.60. The summed E-state index contributed by atoms with van der Waals surface area (Å²) < 4.78 is 0. The first-order chi connectivity index (χ1) is 6.54. The molecule has 0 unspecified atom stereocenters. The molecule has 0 saturated carbocycles. The average molecular weight is 459 g/mol. The van der Waals surface area contributed by atoms with E-state index in [4.69, 9.17) is 0 Å². The smallest absolute Gasteiger partial charge is 0.234 e. The predicted molar refractivity (Wildman–Crippen MR) is 56.4 cm³/mol. The van der Waals surface area contributed by atoms with Gasteiger partial charge in [0.2, 0.25) is 5.91 Å². The second kappa shape index (κ2) is 14.4. The Kier molecular flexibility index (Phi) is 17.9. The van der Waals surface area contributed by atoms with Gasteiger partial charge in [-0.1, -0.05) is 13.3 Å². The van der Waals surface area contributed by atoms with E-state index < -0.39 is 5.91 Å². The number of nitrogens with zero attached hydrogens (tertiary/aromatic N) is 1. The molecule has 0 heterocycles. The van der Waals surface area contributed by atoms with Crippen molar-refractivity contribution in [3.63, 3.8) is 0 Å². The van der Waals surface area contributed by atoms with Crippen LogP contribution in [0.1, 0.15) is 19.8 Å². The molecule has 0 rings (SSSR count). The largest absolute Gasteiger partial charge is 0.522 e. The molecule has 5 nitrogen and oxygen atoms in total. The summed E-state index contributed by atoms with van der Waals surface area (Å²) in [4.78, 5) is 21.2. The minimum absolute atomic E-state index is 0. The van der Waals surface area contributed by atoms with Crippen molar-refractivity contribution in [2.75, 3.05) is 27.2 Å². The number of amides is 2. The first-order valence-corrected chi connectivity index (χ1v) is 4.57. The van der Waals surface area contributed by atoms with E-state index in [9.17, 15) is 9.59 Å². The quantitative estimate of drug-likeness (QED) is 0.415. The molecule has 15 heavy (non-hydrogen) atoms. The Morgan fingerprint density at radius 1 is 1.47 bits per heavy atom. The molecule has 0 radical (unpaired) electrons. The number of hydrogen-bond acceptors (Lipinski definition) is 3. The summed E-state index contributed by atoms with van der Waals surface area (Å²) >= 11 is 0. The molecule has 0 aliphatic heterocycles. The molecule has 0 aromatic carbocycles. The second-order valence-electron chi connectivity index (χ2n) is 3.08. The van der Waals surface area contributed by atoms with Gasteiger partial charge in [-0.15, -0.1) is 0 Å². The fourth-order valence-corrected chi connectivity index (χ4v) is 0.598. The fraction of sp³-hybridized carbons (Fsp3) is 0.778. The molecule has 3 N–H and O–H groups in total. The maximum Gasteiger partial charge on any atom is 0.234 e. The van der Waals surface area contributed by atoms with E-state index in [1.807, 2.05) is 5.32 Å². The predicted octanol–water partition coefficient (Wildman–Crippen LogP) is -0.523. The standard InChI is InChI=1S/C6H15N.C3H5N2O2.Fm/c1-4-5-6-7(2)3;4-3(7)1-5-2-6;/h4-6H2,1-3H3;1H2,(H2,4,7)(H,5,6);/q;-1;. The molecule has 0 aliphatic rings. The number of hydrogen-bond donors (Lipinski definition) is 2. The van der Waals surface area contributed by atoms with Crippen LogP contribution in [0.2, 0.25) is 0 Å². The van der Waals surface area contributed by atoms with Crippen molar-refractivity contribution >= 4 is 12.3 Å². The van der Waals surface area contributed by atoms with Crippen molar-refractivity contribution in [3.05, 3.63) is 0 Å². The Bertz CT molecular complexity index is 154. The number of unbranched alkanes of at least 4 members (excludes halogenated alkanes) is 1.